The van der Waals surface area contributed by atoms with E-state index in [0.717, 1.165) is 10.2 Å². The van der Waals surface area contributed by atoms with Crippen molar-refractivity contribution in [2.75, 3.05) is 20.2 Å². The maximum atomic E-state index is 12.9. The minimum Gasteiger partial charge on any atom is -0.497 e. The fraction of sp³-hybridized carbons (Fsp3) is 0.316. The summed E-state index contributed by atoms with van der Waals surface area (Å²) in [6.07, 6.45) is 0.766. The SMILES string of the molecule is COc1ccc2sc(OC3CCN(S(=O)(=O)c4ccccc4[N+](=O)[O-])CC3)nc2c1. The molecular weight excluding hydrogens is 430 g/mol. The fourth-order valence-electron chi connectivity index (χ4n) is 3.36. The molecule has 0 spiro atoms. The molecule has 9 nitrogen and oxygen atoms in total. The summed E-state index contributed by atoms with van der Waals surface area (Å²) in [7, 11) is -2.36. The number of sulfonamides is 1. The standard InChI is InChI=1S/C19H19N3O6S2/c1-27-14-6-7-17-15(12-14)20-19(29-17)28-13-8-10-21(11-9-13)30(25,26)18-5-3-2-4-16(18)22(23)24/h2-7,12-13H,8-11H2,1H3. The number of methoxy groups -OCH3 is 1. The zero-order valence-electron chi connectivity index (χ0n) is 16.1. The van der Waals surface area contributed by atoms with Crippen LogP contribution in [-0.4, -0.2) is 48.9 Å². The lowest BCUT2D eigenvalue weighted by Gasteiger charge is -2.30. The molecule has 0 unspecified atom stereocenters. The summed E-state index contributed by atoms with van der Waals surface area (Å²) in [6, 6.07) is 11.0. The van der Waals surface area contributed by atoms with E-state index in [-0.39, 0.29) is 24.1 Å². The van der Waals surface area contributed by atoms with Gasteiger partial charge >= 0.3 is 0 Å². The number of para-hydroxylation sites is 1. The highest BCUT2D eigenvalue weighted by Gasteiger charge is 2.34. The number of rotatable bonds is 6. The van der Waals surface area contributed by atoms with Gasteiger partial charge in [-0.25, -0.2) is 13.4 Å². The van der Waals surface area contributed by atoms with Gasteiger partial charge in [0, 0.05) is 25.2 Å². The average molecular weight is 450 g/mol. The number of nitro groups is 1. The zero-order chi connectivity index (χ0) is 21.3. The Morgan fingerprint density at radius 3 is 2.63 bits per heavy atom. The number of benzene rings is 2. The van der Waals surface area contributed by atoms with Crippen LogP contribution >= 0.6 is 11.3 Å². The van der Waals surface area contributed by atoms with Gasteiger partial charge in [0.05, 0.1) is 22.2 Å². The van der Waals surface area contributed by atoms with E-state index >= 15 is 0 Å². The molecule has 1 saturated heterocycles. The van der Waals surface area contributed by atoms with E-state index < -0.39 is 20.6 Å². The molecule has 1 fully saturated rings. The summed E-state index contributed by atoms with van der Waals surface area (Å²) in [5.41, 5.74) is 0.367. The van der Waals surface area contributed by atoms with Crippen molar-refractivity contribution in [1.82, 2.24) is 9.29 Å². The van der Waals surface area contributed by atoms with Crippen LogP contribution in [0.25, 0.3) is 10.2 Å². The summed E-state index contributed by atoms with van der Waals surface area (Å²) in [6.45, 7) is 0.440. The summed E-state index contributed by atoms with van der Waals surface area (Å²) in [4.78, 5) is 14.7. The van der Waals surface area contributed by atoms with E-state index in [4.69, 9.17) is 9.47 Å². The van der Waals surface area contributed by atoms with Gasteiger partial charge in [-0.05, 0) is 31.0 Å². The molecule has 2 heterocycles. The van der Waals surface area contributed by atoms with Gasteiger partial charge in [0.25, 0.3) is 10.9 Å². The molecule has 0 atom stereocenters. The van der Waals surface area contributed by atoms with E-state index in [0.29, 0.717) is 23.8 Å². The van der Waals surface area contributed by atoms with Crippen LogP contribution in [-0.2, 0) is 10.0 Å². The second-order valence-corrected chi connectivity index (χ2v) is 9.66. The average Bonchev–Trinajstić information content (AvgIpc) is 3.15. The number of aromatic nitrogens is 1. The van der Waals surface area contributed by atoms with Crippen LogP contribution in [0.1, 0.15) is 12.8 Å². The Bertz CT molecular complexity index is 1190. The number of thiazole rings is 1. The summed E-state index contributed by atoms with van der Waals surface area (Å²) in [5.74, 6) is 0.716. The Kier molecular flexibility index (Phi) is 5.58. The number of nitro benzene ring substituents is 1. The first-order valence-corrected chi connectivity index (χ1v) is 11.5. The van der Waals surface area contributed by atoms with Crippen molar-refractivity contribution < 1.29 is 22.8 Å². The van der Waals surface area contributed by atoms with Gasteiger partial charge in [0.15, 0.2) is 4.90 Å². The van der Waals surface area contributed by atoms with Gasteiger partial charge in [-0.1, -0.05) is 23.5 Å². The third kappa shape index (κ3) is 3.95. The number of nitrogens with zero attached hydrogens (tertiary/aromatic N) is 3. The van der Waals surface area contributed by atoms with Crippen LogP contribution in [0.4, 0.5) is 5.69 Å². The summed E-state index contributed by atoms with van der Waals surface area (Å²) in [5, 5.41) is 11.7. The molecule has 0 saturated carbocycles. The van der Waals surface area contributed by atoms with Crippen LogP contribution < -0.4 is 9.47 Å². The summed E-state index contributed by atoms with van der Waals surface area (Å²) >= 11 is 1.42. The monoisotopic (exact) mass is 449 g/mol. The van der Waals surface area contributed by atoms with Crippen molar-refractivity contribution in [1.29, 1.82) is 0 Å². The van der Waals surface area contributed by atoms with Crippen molar-refractivity contribution in [3.63, 3.8) is 0 Å². The van der Waals surface area contributed by atoms with Crippen molar-refractivity contribution in [2.24, 2.45) is 0 Å². The minimum atomic E-state index is -3.95. The van der Waals surface area contributed by atoms with Gasteiger partial charge < -0.3 is 9.47 Å². The molecule has 1 aromatic heterocycles. The molecular formula is C19H19N3O6S2. The highest BCUT2D eigenvalue weighted by atomic mass is 32.2. The molecule has 4 rings (SSSR count). The van der Waals surface area contributed by atoms with Gasteiger partial charge in [-0.2, -0.15) is 4.31 Å². The van der Waals surface area contributed by atoms with Crippen LogP contribution in [0.5, 0.6) is 10.9 Å². The molecule has 30 heavy (non-hydrogen) atoms. The van der Waals surface area contributed by atoms with Gasteiger partial charge in [-0.15, -0.1) is 0 Å². The Labute approximate surface area is 177 Å². The maximum Gasteiger partial charge on any atom is 0.289 e. The quantitative estimate of drug-likeness (QED) is 0.418. The van der Waals surface area contributed by atoms with E-state index in [9.17, 15) is 18.5 Å². The maximum absolute atomic E-state index is 12.9. The van der Waals surface area contributed by atoms with E-state index in [1.54, 1.807) is 7.11 Å². The predicted octanol–water partition coefficient (Wildman–Crippen LogP) is 3.45. The molecule has 158 valence electrons. The Hall–Kier alpha value is -2.76. The fourth-order valence-corrected chi connectivity index (χ4v) is 5.85. The van der Waals surface area contributed by atoms with Gasteiger partial charge in [-0.3, -0.25) is 10.1 Å². The number of hydrogen-bond donors (Lipinski definition) is 0. The molecule has 0 amide bonds. The van der Waals surface area contributed by atoms with Crippen molar-refractivity contribution in [2.45, 2.75) is 23.8 Å². The van der Waals surface area contributed by atoms with E-state index in [2.05, 4.69) is 4.98 Å². The number of ether oxygens (including phenoxy) is 2. The number of hydrogen-bond acceptors (Lipinski definition) is 8. The summed E-state index contributed by atoms with van der Waals surface area (Å²) < 4.78 is 39.3. The largest absolute Gasteiger partial charge is 0.497 e. The van der Waals surface area contributed by atoms with Crippen molar-refractivity contribution in [3.8, 4) is 10.9 Å². The highest BCUT2D eigenvalue weighted by molar-refractivity contribution is 7.89. The second kappa shape index (κ2) is 8.17. The van der Waals surface area contributed by atoms with Gasteiger partial charge in [0.2, 0.25) is 10.0 Å². The molecule has 0 bridgehead atoms. The van der Waals surface area contributed by atoms with Gasteiger partial charge in [0.1, 0.15) is 11.9 Å². The lowest BCUT2D eigenvalue weighted by molar-refractivity contribution is -0.387. The predicted molar refractivity (Wildman–Crippen MR) is 112 cm³/mol. The second-order valence-electron chi connectivity index (χ2n) is 6.76. The first kappa shape index (κ1) is 20.5. The minimum absolute atomic E-state index is 0.176. The van der Waals surface area contributed by atoms with Crippen molar-refractivity contribution in [3.05, 3.63) is 52.6 Å². The first-order valence-electron chi connectivity index (χ1n) is 9.23. The van der Waals surface area contributed by atoms with Crippen LogP contribution in [0.2, 0.25) is 0 Å². The molecule has 11 heteroatoms. The highest BCUT2D eigenvalue weighted by Crippen LogP contribution is 2.33. The Balaban J connectivity index is 1.44. The third-order valence-corrected chi connectivity index (χ3v) is 7.80. The van der Waals surface area contributed by atoms with Crippen LogP contribution in [0, 0.1) is 10.1 Å². The Morgan fingerprint density at radius 1 is 1.20 bits per heavy atom. The van der Waals surface area contributed by atoms with Crippen LogP contribution in [0.3, 0.4) is 0 Å². The molecule has 1 aliphatic heterocycles. The molecule has 0 N–H and O–H groups in total. The third-order valence-electron chi connectivity index (χ3n) is 4.92. The zero-order valence-corrected chi connectivity index (χ0v) is 17.7. The normalized spacial score (nSPS) is 15.9. The molecule has 2 aromatic carbocycles. The number of fused-ring (bicyclic) bond motifs is 1. The van der Waals surface area contributed by atoms with E-state index in [1.807, 2.05) is 18.2 Å². The molecule has 0 radical (unpaired) electrons. The first-order chi connectivity index (χ1) is 14.4. The molecule has 1 aliphatic rings. The Morgan fingerprint density at radius 2 is 1.93 bits per heavy atom. The topological polar surface area (TPSA) is 112 Å². The lowest BCUT2D eigenvalue weighted by Crippen LogP contribution is -2.41. The van der Waals surface area contributed by atoms with Crippen molar-refractivity contribution >= 4 is 37.3 Å². The number of piperidine rings is 1. The lowest BCUT2D eigenvalue weighted by atomic mass is 10.1. The van der Waals surface area contributed by atoms with Crippen LogP contribution in [0.15, 0.2) is 47.4 Å². The van der Waals surface area contributed by atoms with E-state index in [1.165, 1.54) is 39.9 Å². The molecule has 3 aromatic rings. The molecule has 0 aliphatic carbocycles. The smallest absolute Gasteiger partial charge is 0.289 e.